The van der Waals surface area contributed by atoms with Crippen LogP contribution in [0, 0.1) is 11.3 Å². The van der Waals surface area contributed by atoms with Crippen LogP contribution in [0.1, 0.15) is 59.8 Å². The van der Waals surface area contributed by atoms with Crippen LogP contribution >= 0.6 is 0 Å². The minimum Gasteiger partial charge on any atom is -0.342 e. The van der Waals surface area contributed by atoms with Gasteiger partial charge in [-0.15, -0.1) is 0 Å². The van der Waals surface area contributed by atoms with Crippen molar-refractivity contribution >= 4 is 5.91 Å². The second-order valence-corrected chi connectivity index (χ2v) is 7.95. The summed E-state index contributed by atoms with van der Waals surface area (Å²) in [6, 6.07) is 0. The molecule has 2 aliphatic rings. The molecule has 1 spiro atoms. The van der Waals surface area contributed by atoms with Crippen LogP contribution in [0.5, 0.6) is 0 Å². The number of hydrogen-bond donors (Lipinski definition) is 0. The van der Waals surface area contributed by atoms with E-state index in [9.17, 15) is 4.79 Å². The van der Waals surface area contributed by atoms with Gasteiger partial charge in [0.2, 0.25) is 5.91 Å². The molecular weight excluding hydrogens is 272 g/mol. The van der Waals surface area contributed by atoms with Gasteiger partial charge in [-0.05, 0) is 52.0 Å². The molecule has 2 saturated heterocycles. The molecule has 2 aliphatic heterocycles. The number of carbonyl (C=O) groups is 1. The van der Waals surface area contributed by atoms with Gasteiger partial charge in [-0.3, -0.25) is 9.69 Å². The van der Waals surface area contributed by atoms with Crippen molar-refractivity contribution in [2.75, 3.05) is 32.7 Å². The zero-order valence-corrected chi connectivity index (χ0v) is 15.0. The van der Waals surface area contributed by atoms with Crippen molar-refractivity contribution in [3.63, 3.8) is 0 Å². The van der Waals surface area contributed by atoms with Crippen molar-refractivity contribution in [3.8, 4) is 0 Å². The highest BCUT2D eigenvalue weighted by molar-refractivity contribution is 5.76. The normalized spacial score (nSPS) is 27.1. The molecule has 22 heavy (non-hydrogen) atoms. The molecule has 2 heterocycles. The van der Waals surface area contributed by atoms with Gasteiger partial charge in [0, 0.05) is 38.0 Å². The summed E-state index contributed by atoms with van der Waals surface area (Å²) in [6.45, 7) is 14.2. The van der Waals surface area contributed by atoms with E-state index in [2.05, 4.69) is 43.6 Å². The van der Waals surface area contributed by atoms with Crippen LogP contribution < -0.4 is 0 Å². The van der Waals surface area contributed by atoms with E-state index in [1.165, 1.54) is 37.9 Å². The molecule has 0 bridgehead atoms. The Labute approximate surface area is 136 Å². The third kappa shape index (κ3) is 4.58. The molecule has 0 aromatic carbocycles. The molecule has 0 N–H and O–H groups in total. The Kier molecular flexibility index (Phi) is 6.08. The third-order valence-corrected chi connectivity index (χ3v) is 5.43. The minimum atomic E-state index is 0.375. The predicted octanol–water partition coefficient (Wildman–Crippen LogP) is 3.70. The Morgan fingerprint density at radius 2 is 2.00 bits per heavy atom. The number of amides is 1. The highest BCUT2D eigenvalue weighted by atomic mass is 16.2. The molecule has 2 rings (SSSR count). The molecule has 0 aromatic rings. The van der Waals surface area contributed by atoms with Crippen molar-refractivity contribution in [1.82, 2.24) is 9.80 Å². The standard InChI is InChI=1S/C19H34N2O/c1-5-17(4)13-20-12-10-19(14-20)9-6-11-21(15-19)18(22)8-7-16(2)3/h5,16H,6-15H2,1-4H3/b17-5+/t19-/m0/s1. The minimum absolute atomic E-state index is 0.375. The molecule has 0 unspecified atom stereocenters. The molecule has 126 valence electrons. The van der Waals surface area contributed by atoms with E-state index in [1.54, 1.807) is 0 Å². The fourth-order valence-corrected chi connectivity index (χ4v) is 3.93. The SMILES string of the molecule is C/C=C(\C)CN1CC[C@@]2(CCCN(C(=O)CCC(C)C)C2)C1. The fraction of sp³-hybridized carbons (Fsp3) is 0.842. The first-order valence-electron chi connectivity index (χ1n) is 9.06. The molecule has 1 amide bonds. The summed E-state index contributed by atoms with van der Waals surface area (Å²) in [4.78, 5) is 17.2. The lowest BCUT2D eigenvalue weighted by Crippen LogP contribution is -2.47. The summed E-state index contributed by atoms with van der Waals surface area (Å²) in [5, 5.41) is 0. The first-order valence-corrected chi connectivity index (χ1v) is 9.06. The van der Waals surface area contributed by atoms with Crippen molar-refractivity contribution in [2.24, 2.45) is 11.3 Å². The van der Waals surface area contributed by atoms with Crippen LogP contribution in [0.2, 0.25) is 0 Å². The monoisotopic (exact) mass is 306 g/mol. The van der Waals surface area contributed by atoms with E-state index in [-0.39, 0.29) is 0 Å². The lowest BCUT2D eigenvalue weighted by atomic mass is 9.79. The Bertz CT molecular complexity index is 416. The van der Waals surface area contributed by atoms with E-state index < -0.39 is 0 Å². The maximum absolute atomic E-state index is 12.5. The average molecular weight is 306 g/mol. The number of allylic oxidation sites excluding steroid dienone is 1. The zero-order chi connectivity index (χ0) is 16.2. The quantitative estimate of drug-likeness (QED) is 0.723. The van der Waals surface area contributed by atoms with Crippen LogP contribution in [-0.2, 0) is 4.79 Å². The first kappa shape index (κ1) is 17.5. The maximum atomic E-state index is 12.5. The van der Waals surface area contributed by atoms with E-state index in [4.69, 9.17) is 0 Å². The van der Waals surface area contributed by atoms with Crippen LogP contribution in [0.4, 0.5) is 0 Å². The fourth-order valence-electron chi connectivity index (χ4n) is 3.93. The molecule has 0 saturated carbocycles. The Balaban J connectivity index is 1.89. The number of piperidine rings is 1. The largest absolute Gasteiger partial charge is 0.342 e. The molecular formula is C19H34N2O. The lowest BCUT2D eigenvalue weighted by molar-refractivity contribution is -0.134. The van der Waals surface area contributed by atoms with Gasteiger partial charge in [0.05, 0.1) is 0 Å². The molecule has 2 fully saturated rings. The van der Waals surface area contributed by atoms with Crippen LogP contribution in [0.15, 0.2) is 11.6 Å². The summed E-state index contributed by atoms with van der Waals surface area (Å²) < 4.78 is 0. The molecule has 1 atom stereocenters. The molecule has 0 aliphatic carbocycles. The number of hydrogen-bond acceptors (Lipinski definition) is 2. The van der Waals surface area contributed by atoms with Crippen molar-refractivity contribution in [3.05, 3.63) is 11.6 Å². The van der Waals surface area contributed by atoms with Crippen LogP contribution in [0.25, 0.3) is 0 Å². The lowest BCUT2D eigenvalue weighted by Gasteiger charge is -2.40. The van der Waals surface area contributed by atoms with Crippen LogP contribution in [-0.4, -0.2) is 48.4 Å². The summed E-state index contributed by atoms with van der Waals surface area (Å²) in [7, 11) is 0. The highest BCUT2D eigenvalue weighted by Gasteiger charge is 2.42. The maximum Gasteiger partial charge on any atom is 0.222 e. The summed E-state index contributed by atoms with van der Waals surface area (Å²) >= 11 is 0. The molecule has 3 heteroatoms. The summed E-state index contributed by atoms with van der Waals surface area (Å²) in [6.07, 6.45) is 7.71. The van der Waals surface area contributed by atoms with E-state index in [0.717, 1.165) is 32.5 Å². The van der Waals surface area contributed by atoms with Crippen LogP contribution in [0.3, 0.4) is 0 Å². The van der Waals surface area contributed by atoms with Gasteiger partial charge in [0.1, 0.15) is 0 Å². The number of rotatable bonds is 5. The highest BCUT2D eigenvalue weighted by Crippen LogP contribution is 2.39. The smallest absolute Gasteiger partial charge is 0.222 e. The second-order valence-electron chi connectivity index (χ2n) is 7.95. The van der Waals surface area contributed by atoms with Crippen molar-refractivity contribution in [2.45, 2.75) is 59.8 Å². The first-order chi connectivity index (χ1) is 10.4. The van der Waals surface area contributed by atoms with Crippen molar-refractivity contribution in [1.29, 1.82) is 0 Å². The Morgan fingerprint density at radius 3 is 2.68 bits per heavy atom. The average Bonchev–Trinajstić information content (AvgIpc) is 2.86. The van der Waals surface area contributed by atoms with Gasteiger partial charge in [-0.25, -0.2) is 0 Å². The third-order valence-electron chi connectivity index (χ3n) is 5.43. The van der Waals surface area contributed by atoms with Gasteiger partial charge in [-0.1, -0.05) is 25.5 Å². The van der Waals surface area contributed by atoms with Gasteiger partial charge < -0.3 is 4.90 Å². The van der Waals surface area contributed by atoms with E-state index >= 15 is 0 Å². The summed E-state index contributed by atoms with van der Waals surface area (Å²) in [5.41, 5.74) is 1.83. The van der Waals surface area contributed by atoms with E-state index in [1.807, 2.05) is 0 Å². The summed E-state index contributed by atoms with van der Waals surface area (Å²) in [5.74, 6) is 1.00. The number of likely N-dealkylation sites (tertiary alicyclic amines) is 2. The number of carbonyl (C=O) groups excluding carboxylic acids is 1. The number of nitrogens with zero attached hydrogens (tertiary/aromatic N) is 2. The van der Waals surface area contributed by atoms with Gasteiger partial charge in [0.15, 0.2) is 0 Å². The topological polar surface area (TPSA) is 23.6 Å². The van der Waals surface area contributed by atoms with E-state index in [0.29, 0.717) is 17.2 Å². The Hall–Kier alpha value is -0.830. The van der Waals surface area contributed by atoms with Gasteiger partial charge in [0.25, 0.3) is 0 Å². The predicted molar refractivity (Wildman–Crippen MR) is 92.8 cm³/mol. The van der Waals surface area contributed by atoms with Gasteiger partial charge in [-0.2, -0.15) is 0 Å². The molecule has 3 nitrogen and oxygen atoms in total. The zero-order valence-electron chi connectivity index (χ0n) is 15.0. The molecule has 0 aromatic heterocycles. The Morgan fingerprint density at radius 1 is 1.23 bits per heavy atom. The second kappa shape index (κ2) is 7.63. The van der Waals surface area contributed by atoms with Crippen molar-refractivity contribution < 1.29 is 4.79 Å². The molecule has 0 radical (unpaired) electrons. The van der Waals surface area contributed by atoms with Gasteiger partial charge >= 0.3 is 0 Å².